The van der Waals surface area contributed by atoms with Gasteiger partial charge in [-0.25, -0.2) is 16.8 Å². The fraction of sp³-hybridized carbons (Fsp3) is 0.182. The molecule has 12 nitrogen and oxygen atoms in total. The van der Waals surface area contributed by atoms with Crippen molar-refractivity contribution in [1.82, 2.24) is 0 Å². The third kappa shape index (κ3) is 5.00. The summed E-state index contributed by atoms with van der Waals surface area (Å²) >= 11 is 6.83. The first-order valence-electron chi connectivity index (χ1n) is 10.7. The number of hydrogen-bond donors (Lipinski definition) is 0. The third-order valence-electron chi connectivity index (χ3n) is 5.84. The fourth-order valence-corrected chi connectivity index (χ4v) is 9.68. The van der Waals surface area contributed by atoms with Gasteiger partial charge < -0.3 is 0 Å². The summed E-state index contributed by atoms with van der Waals surface area (Å²) in [7, 11) is -8.62. The van der Waals surface area contributed by atoms with Gasteiger partial charge in [0, 0.05) is 36.1 Å². The molecule has 0 fully saturated rings. The van der Waals surface area contributed by atoms with Crippen LogP contribution in [-0.2, 0) is 20.0 Å². The van der Waals surface area contributed by atoms with Crippen molar-refractivity contribution < 1.29 is 26.7 Å². The van der Waals surface area contributed by atoms with Crippen molar-refractivity contribution in [2.24, 2.45) is 0 Å². The molecular weight excluding hydrogens is 672 g/mol. The van der Waals surface area contributed by atoms with E-state index in [0.29, 0.717) is 0 Å². The molecule has 0 saturated heterocycles. The molecule has 3 aromatic rings. The number of halogens is 2. The minimum Gasteiger partial charge on any atom is -0.263 e. The Morgan fingerprint density at radius 2 is 1.21 bits per heavy atom. The lowest BCUT2D eigenvalue weighted by Crippen LogP contribution is -2.47. The predicted octanol–water partition coefficient (Wildman–Crippen LogP) is 4.43. The van der Waals surface area contributed by atoms with Crippen LogP contribution in [0.5, 0.6) is 0 Å². The number of nitrogens with zero attached hydrogens (tertiary/aromatic N) is 4. The summed E-state index contributed by atoms with van der Waals surface area (Å²) in [5, 5.41) is 22.2. The number of rotatable bonds is 7. The molecule has 4 rings (SSSR count). The van der Waals surface area contributed by atoms with Crippen molar-refractivity contribution in [2.45, 2.75) is 20.7 Å². The summed E-state index contributed by atoms with van der Waals surface area (Å²) in [6.07, 6.45) is 0. The number of sulfonamides is 2. The largest absolute Gasteiger partial charge is 0.269 e. The van der Waals surface area contributed by atoms with E-state index in [2.05, 4.69) is 31.9 Å². The van der Waals surface area contributed by atoms with Crippen molar-refractivity contribution in [3.05, 3.63) is 93.0 Å². The minimum absolute atomic E-state index is 0.0720. The molecule has 16 heteroatoms. The van der Waals surface area contributed by atoms with Crippen molar-refractivity contribution in [2.75, 3.05) is 20.5 Å². The Bertz CT molecular complexity index is 1600. The van der Waals surface area contributed by atoms with Crippen LogP contribution in [0.3, 0.4) is 0 Å². The highest BCUT2D eigenvalue weighted by atomic mass is 79.9. The lowest BCUT2D eigenvalue weighted by Gasteiger charge is -2.32. The minimum atomic E-state index is -4.33. The van der Waals surface area contributed by atoms with Gasteiger partial charge in [0.15, 0.2) is 0 Å². The number of fused-ring (bicyclic) bond motifs is 1. The molecule has 0 aliphatic carbocycles. The Morgan fingerprint density at radius 1 is 0.763 bits per heavy atom. The van der Waals surface area contributed by atoms with Gasteiger partial charge in [0.05, 0.1) is 41.9 Å². The average Bonchev–Trinajstić information content (AvgIpc) is 3.03. The lowest BCUT2D eigenvalue weighted by atomic mass is 10.2. The second-order valence-corrected chi connectivity index (χ2v) is 13.6. The molecule has 0 saturated carbocycles. The molecule has 1 heterocycles. The Hall–Kier alpha value is -3.08. The van der Waals surface area contributed by atoms with E-state index in [9.17, 15) is 37.1 Å². The maximum atomic E-state index is 13.9. The van der Waals surface area contributed by atoms with Gasteiger partial charge in [0.25, 0.3) is 31.4 Å². The van der Waals surface area contributed by atoms with Gasteiger partial charge >= 0.3 is 0 Å². The number of para-hydroxylation sites is 2. The topological polar surface area (TPSA) is 161 Å². The average molecular weight is 690 g/mol. The number of nitro groups is 2. The highest BCUT2D eigenvalue weighted by Crippen LogP contribution is 2.42. The summed E-state index contributed by atoms with van der Waals surface area (Å²) in [5.74, 6) is 0. The molecule has 0 amide bonds. The van der Waals surface area contributed by atoms with Crippen molar-refractivity contribution in [3.63, 3.8) is 0 Å². The van der Waals surface area contributed by atoms with Gasteiger partial charge in [-0.1, -0.05) is 44.0 Å². The molecular formula is C22H18Br2N4O8S2. The van der Waals surface area contributed by atoms with Crippen LogP contribution in [0.1, 0.15) is 0 Å². The van der Waals surface area contributed by atoms with Gasteiger partial charge in [0.1, 0.15) is 0 Å². The van der Waals surface area contributed by atoms with Crippen LogP contribution in [0.15, 0.2) is 82.6 Å². The Kier molecular flexibility index (Phi) is 7.79. The van der Waals surface area contributed by atoms with E-state index in [4.69, 9.17) is 0 Å². The van der Waals surface area contributed by atoms with Crippen LogP contribution >= 0.6 is 31.9 Å². The maximum absolute atomic E-state index is 13.9. The maximum Gasteiger partial charge on any atom is 0.269 e. The zero-order chi connectivity index (χ0) is 27.8. The smallest absolute Gasteiger partial charge is 0.263 e. The first-order chi connectivity index (χ1) is 17.9. The van der Waals surface area contributed by atoms with E-state index in [1.54, 1.807) is 12.1 Å². The van der Waals surface area contributed by atoms with Crippen molar-refractivity contribution in [3.8, 4) is 0 Å². The molecule has 3 aromatic carbocycles. The lowest BCUT2D eigenvalue weighted by molar-refractivity contribution is -0.385. The SMILES string of the molecule is O=[N+]([O-])c1ccc(S(=O)(=O)N2C[C@@H](Br)[C@@H](CBr)N(S(=O)(=O)c3ccc([N+](=O)[O-])cc3)c3ccccc32)cc1. The molecule has 1 aliphatic heterocycles. The zero-order valence-electron chi connectivity index (χ0n) is 19.1. The van der Waals surface area contributed by atoms with Crippen LogP contribution in [0.4, 0.5) is 22.7 Å². The van der Waals surface area contributed by atoms with Gasteiger partial charge in [-0.3, -0.25) is 28.8 Å². The number of hydrogen-bond acceptors (Lipinski definition) is 8. The standard InChI is InChI=1S/C22H18Br2N4O8S2/c23-13-22-19(24)14-25(37(33,34)17-9-5-15(6-10-17)27(29)30)20-3-1-2-4-21(20)26(22)38(35,36)18-11-7-16(8-12-18)28(31)32/h1-12,19,22H,13-14H2/t19-,22-/m1/s1. The summed E-state index contributed by atoms with van der Waals surface area (Å²) in [5.41, 5.74) is -0.415. The van der Waals surface area contributed by atoms with E-state index in [0.717, 1.165) is 57.1 Å². The molecule has 200 valence electrons. The normalized spacial score (nSPS) is 17.9. The molecule has 0 bridgehead atoms. The van der Waals surface area contributed by atoms with E-state index >= 15 is 0 Å². The highest BCUT2D eigenvalue weighted by Gasteiger charge is 2.43. The second kappa shape index (κ2) is 10.6. The highest BCUT2D eigenvalue weighted by molar-refractivity contribution is 9.10. The molecule has 1 aliphatic rings. The quantitative estimate of drug-likeness (QED) is 0.200. The number of benzene rings is 3. The molecule has 0 N–H and O–H groups in total. The molecule has 2 atom stereocenters. The molecule has 0 aromatic heterocycles. The molecule has 38 heavy (non-hydrogen) atoms. The molecule has 0 unspecified atom stereocenters. The van der Waals surface area contributed by atoms with E-state index in [1.807, 2.05) is 0 Å². The third-order valence-corrected chi connectivity index (χ3v) is 11.1. The van der Waals surface area contributed by atoms with Crippen molar-refractivity contribution in [1.29, 1.82) is 0 Å². The summed E-state index contributed by atoms with van der Waals surface area (Å²) in [6, 6.07) is 14.1. The van der Waals surface area contributed by atoms with Gasteiger partial charge in [-0.05, 0) is 36.4 Å². The summed E-state index contributed by atoms with van der Waals surface area (Å²) in [6.45, 7) is -0.168. The number of non-ortho nitro benzene ring substituents is 2. The Labute approximate surface area is 234 Å². The van der Waals surface area contributed by atoms with E-state index in [-0.39, 0.29) is 44.4 Å². The second-order valence-electron chi connectivity index (χ2n) is 8.07. The van der Waals surface area contributed by atoms with Gasteiger partial charge in [-0.15, -0.1) is 0 Å². The van der Waals surface area contributed by atoms with Crippen LogP contribution in [0.25, 0.3) is 0 Å². The number of nitro benzene ring substituents is 2. The van der Waals surface area contributed by atoms with Crippen LogP contribution in [-0.4, -0.2) is 49.4 Å². The molecule has 0 spiro atoms. The first-order valence-corrected chi connectivity index (χ1v) is 15.7. The number of anilines is 2. The first kappa shape index (κ1) is 27.9. The zero-order valence-corrected chi connectivity index (χ0v) is 23.9. The monoisotopic (exact) mass is 688 g/mol. The fourth-order valence-electron chi connectivity index (χ4n) is 3.98. The summed E-state index contributed by atoms with van der Waals surface area (Å²) in [4.78, 5) is 19.6. The van der Waals surface area contributed by atoms with E-state index < -0.39 is 40.8 Å². The van der Waals surface area contributed by atoms with Crippen LogP contribution in [0, 0.1) is 20.2 Å². The van der Waals surface area contributed by atoms with Crippen LogP contribution < -0.4 is 8.61 Å². The Morgan fingerprint density at radius 3 is 1.66 bits per heavy atom. The molecule has 0 radical (unpaired) electrons. The van der Waals surface area contributed by atoms with Gasteiger partial charge in [0.2, 0.25) is 0 Å². The van der Waals surface area contributed by atoms with E-state index in [1.165, 1.54) is 12.1 Å². The summed E-state index contributed by atoms with van der Waals surface area (Å²) < 4.78 is 57.5. The number of alkyl halides is 2. The van der Waals surface area contributed by atoms with Crippen LogP contribution in [0.2, 0.25) is 0 Å². The van der Waals surface area contributed by atoms with Crippen molar-refractivity contribution >= 4 is 74.7 Å². The predicted molar refractivity (Wildman–Crippen MR) is 147 cm³/mol. The Balaban J connectivity index is 1.88. The van der Waals surface area contributed by atoms with Gasteiger partial charge in [-0.2, -0.15) is 0 Å².